The fourth-order valence-corrected chi connectivity index (χ4v) is 2.51. The second-order valence-electron chi connectivity index (χ2n) is 4.48. The van der Waals surface area contributed by atoms with E-state index < -0.39 is 6.10 Å². The molecule has 0 saturated heterocycles. The van der Waals surface area contributed by atoms with Gasteiger partial charge < -0.3 is 10.1 Å². The molecule has 4 nitrogen and oxygen atoms in total. The van der Waals surface area contributed by atoms with Gasteiger partial charge in [0, 0.05) is 5.02 Å². The van der Waals surface area contributed by atoms with E-state index in [1.54, 1.807) is 49.4 Å². The molecule has 6 heteroatoms. The number of rotatable bonds is 4. The average Bonchev–Trinajstić information content (AvgIpc) is 2.50. The standard InChI is InChI=1S/C16H12BrClN2O2/c1-10(22-15-7-6-12(18)8-13(15)17)16(21)20-14-5-3-2-4-11(14)9-19/h2-8,10H,1H3,(H,20,21). The van der Waals surface area contributed by atoms with E-state index in [4.69, 9.17) is 21.6 Å². The molecule has 1 atom stereocenters. The number of benzene rings is 2. The predicted octanol–water partition coefficient (Wildman–Crippen LogP) is 4.38. The van der Waals surface area contributed by atoms with Gasteiger partial charge in [0.25, 0.3) is 5.91 Å². The number of hydrogen-bond donors (Lipinski definition) is 1. The van der Waals surface area contributed by atoms with Crippen LogP contribution in [-0.2, 0) is 4.79 Å². The zero-order chi connectivity index (χ0) is 16.1. The first-order chi connectivity index (χ1) is 10.5. The summed E-state index contributed by atoms with van der Waals surface area (Å²) in [5, 5.41) is 12.3. The summed E-state index contributed by atoms with van der Waals surface area (Å²) in [4.78, 5) is 12.2. The van der Waals surface area contributed by atoms with Crippen molar-refractivity contribution in [3.05, 3.63) is 57.5 Å². The predicted molar refractivity (Wildman–Crippen MR) is 89.0 cm³/mol. The van der Waals surface area contributed by atoms with Gasteiger partial charge in [-0.1, -0.05) is 23.7 Å². The van der Waals surface area contributed by atoms with E-state index in [9.17, 15) is 4.79 Å². The highest BCUT2D eigenvalue weighted by molar-refractivity contribution is 9.10. The molecule has 0 aliphatic heterocycles. The molecule has 0 bridgehead atoms. The lowest BCUT2D eigenvalue weighted by Crippen LogP contribution is -2.30. The van der Waals surface area contributed by atoms with Gasteiger partial charge >= 0.3 is 0 Å². The Hall–Kier alpha value is -2.03. The van der Waals surface area contributed by atoms with E-state index in [0.29, 0.717) is 26.5 Å². The Balaban J connectivity index is 2.08. The monoisotopic (exact) mass is 378 g/mol. The molecular weight excluding hydrogens is 368 g/mol. The number of nitrogens with zero attached hydrogens (tertiary/aromatic N) is 1. The third kappa shape index (κ3) is 4.00. The molecule has 0 fully saturated rings. The molecule has 112 valence electrons. The van der Waals surface area contributed by atoms with Crippen LogP contribution in [0, 0.1) is 11.3 Å². The van der Waals surface area contributed by atoms with Gasteiger partial charge in [-0.25, -0.2) is 0 Å². The molecule has 2 rings (SSSR count). The Kier molecular flexibility index (Phi) is 5.42. The molecule has 2 aromatic carbocycles. The zero-order valence-electron chi connectivity index (χ0n) is 11.6. The van der Waals surface area contributed by atoms with E-state index in [-0.39, 0.29) is 5.91 Å². The first-order valence-electron chi connectivity index (χ1n) is 6.43. The number of nitriles is 1. The summed E-state index contributed by atoms with van der Waals surface area (Å²) in [6.45, 7) is 1.63. The van der Waals surface area contributed by atoms with Crippen molar-refractivity contribution in [2.45, 2.75) is 13.0 Å². The minimum absolute atomic E-state index is 0.343. The third-order valence-electron chi connectivity index (χ3n) is 2.87. The first kappa shape index (κ1) is 16.3. The minimum Gasteiger partial charge on any atom is -0.480 e. The number of hydrogen-bond acceptors (Lipinski definition) is 3. The van der Waals surface area contributed by atoms with Crippen LogP contribution in [0.1, 0.15) is 12.5 Å². The lowest BCUT2D eigenvalue weighted by atomic mass is 10.2. The van der Waals surface area contributed by atoms with Crippen molar-refractivity contribution >= 4 is 39.1 Å². The van der Waals surface area contributed by atoms with Crippen LogP contribution in [0.2, 0.25) is 5.02 Å². The van der Waals surface area contributed by atoms with Crippen molar-refractivity contribution in [2.24, 2.45) is 0 Å². The molecule has 0 saturated carbocycles. The lowest BCUT2D eigenvalue weighted by Gasteiger charge is -2.16. The van der Waals surface area contributed by atoms with Crippen molar-refractivity contribution in [2.75, 3.05) is 5.32 Å². The van der Waals surface area contributed by atoms with Gasteiger partial charge in [0.05, 0.1) is 15.7 Å². The summed E-state index contributed by atoms with van der Waals surface area (Å²) in [7, 11) is 0. The number of nitrogens with one attached hydrogen (secondary N) is 1. The number of anilines is 1. The van der Waals surface area contributed by atoms with Crippen LogP contribution in [-0.4, -0.2) is 12.0 Å². The molecule has 0 aromatic heterocycles. The molecule has 22 heavy (non-hydrogen) atoms. The van der Waals surface area contributed by atoms with Crippen molar-refractivity contribution in [1.29, 1.82) is 5.26 Å². The Morgan fingerprint density at radius 2 is 2.09 bits per heavy atom. The summed E-state index contributed by atoms with van der Waals surface area (Å²) < 4.78 is 6.27. The molecule has 0 heterocycles. The molecule has 2 aromatic rings. The van der Waals surface area contributed by atoms with Crippen LogP contribution in [0.3, 0.4) is 0 Å². The summed E-state index contributed by atoms with van der Waals surface area (Å²) in [6.07, 6.45) is -0.732. The summed E-state index contributed by atoms with van der Waals surface area (Å²) in [6, 6.07) is 13.9. The molecule has 1 amide bonds. The number of carbonyl (C=O) groups is 1. The Morgan fingerprint density at radius 3 is 2.77 bits per heavy atom. The van der Waals surface area contributed by atoms with Crippen molar-refractivity contribution in [3.8, 4) is 11.8 Å². The second kappa shape index (κ2) is 7.30. The maximum absolute atomic E-state index is 12.2. The van der Waals surface area contributed by atoms with Crippen LogP contribution in [0.25, 0.3) is 0 Å². The normalized spacial score (nSPS) is 11.4. The molecule has 0 spiro atoms. The maximum Gasteiger partial charge on any atom is 0.265 e. The van der Waals surface area contributed by atoms with E-state index in [1.165, 1.54) is 0 Å². The van der Waals surface area contributed by atoms with Crippen LogP contribution in [0.15, 0.2) is 46.9 Å². The summed E-state index contributed by atoms with van der Waals surface area (Å²) in [5.41, 5.74) is 0.858. The highest BCUT2D eigenvalue weighted by atomic mass is 79.9. The van der Waals surface area contributed by atoms with Crippen LogP contribution >= 0.6 is 27.5 Å². The van der Waals surface area contributed by atoms with Crippen LogP contribution in [0.4, 0.5) is 5.69 Å². The van der Waals surface area contributed by atoms with Crippen LogP contribution < -0.4 is 10.1 Å². The van der Waals surface area contributed by atoms with Gasteiger partial charge in [0.15, 0.2) is 6.10 Å². The zero-order valence-corrected chi connectivity index (χ0v) is 14.0. The van der Waals surface area contributed by atoms with Gasteiger partial charge in [0.1, 0.15) is 11.8 Å². The highest BCUT2D eigenvalue weighted by Crippen LogP contribution is 2.29. The number of carbonyl (C=O) groups excluding carboxylic acids is 1. The molecule has 1 unspecified atom stereocenters. The maximum atomic E-state index is 12.2. The molecule has 0 radical (unpaired) electrons. The topological polar surface area (TPSA) is 62.1 Å². The Morgan fingerprint density at radius 1 is 1.36 bits per heavy atom. The minimum atomic E-state index is -0.732. The first-order valence-corrected chi connectivity index (χ1v) is 7.60. The van der Waals surface area contributed by atoms with E-state index >= 15 is 0 Å². The number of para-hydroxylation sites is 1. The summed E-state index contributed by atoms with van der Waals surface area (Å²) in [5.74, 6) is 0.171. The molecule has 0 aliphatic rings. The highest BCUT2D eigenvalue weighted by Gasteiger charge is 2.17. The number of amides is 1. The Labute approximate surface area is 141 Å². The van der Waals surface area contributed by atoms with Crippen molar-refractivity contribution in [3.63, 3.8) is 0 Å². The van der Waals surface area contributed by atoms with E-state index in [2.05, 4.69) is 21.2 Å². The molecule has 0 aliphatic carbocycles. The molecule has 1 N–H and O–H groups in total. The van der Waals surface area contributed by atoms with E-state index in [1.807, 2.05) is 6.07 Å². The van der Waals surface area contributed by atoms with Gasteiger partial charge in [-0.3, -0.25) is 4.79 Å². The van der Waals surface area contributed by atoms with E-state index in [0.717, 1.165) is 0 Å². The Bertz CT molecular complexity index is 743. The van der Waals surface area contributed by atoms with Crippen molar-refractivity contribution in [1.82, 2.24) is 0 Å². The second-order valence-corrected chi connectivity index (χ2v) is 5.77. The van der Waals surface area contributed by atoms with Crippen molar-refractivity contribution < 1.29 is 9.53 Å². The largest absolute Gasteiger partial charge is 0.480 e. The van der Waals surface area contributed by atoms with Gasteiger partial charge in [0.2, 0.25) is 0 Å². The average molecular weight is 380 g/mol. The fraction of sp³-hybridized carbons (Fsp3) is 0.125. The number of halogens is 2. The lowest BCUT2D eigenvalue weighted by molar-refractivity contribution is -0.122. The summed E-state index contributed by atoms with van der Waals surface area (Å²) >= 11 is 9.19. The third-order valence-corrected chi connectivity index (χ3v) is 3.73. The van der Waals surface area contributed by atoms with Crippen LogP contribution in [0.5, 0.6) is 5.75 Å². The van der Waals surface area contributed by atoms with Gasteiger partial charge in [-0.2, -0.15) is 5.26 Å². The number of ether oxygens (including phenoxy) is 1. The smallest absolute Gasteiger partial charge is 0.265 e. The van der Waals surface area contributed by atoms with Gasteiger partial charge in [-0.15, -0.1) is 0 Å². The molecular formula is C16H12BrClN2O2. The SMILES string of the molecule is CC(Oc1ccc(Cl)cc1Br)C(=O)Nc1ccccc1C#N. The fourth-order valence-electron chi connectivity index (χ4n) is 1.74. The quantitative estimate of drug-likeness (QED) is 0.857. The van der Waals surface area contributed by atoms with Gasteiger partial charge in [-0.05, 0) is 53.2 Å².